The Morgan fingerprint density at radius 3 is 2.61 bits per heavy atom. The molecule has 2 rings (SSSR count). The van der Waals surface area contributed by atoms with Crippen molar-refractivity contribution in [3.05, 3.63) is 39.6 Å². The minimum absolute atomic E-state index is 0.0224. The minimum atomic E-state index is -0.446. The Morgan fingerprint density at radius 2 is 2.00 bits per heavy atom. The average molecular weight is 379 g/mol. The molecule has 0 aromatic rings. The summed E-state index contributed by atoms with van der Waals surface area (Å²) in [4.78, 5) is 24.9. The van der Waals surface area contributed by atoms with Gasteiger partial charge in [-0.3, -0.25) is 9.59 Å². The zero-order valence-electron chi connectivity index (χ0n) is 13.9. The van der Waals surface area contributed by atoms with E-state index in [1.807, 2.05) is 32.9 Å². The van der Waals surface area contributed by atoms with Crippen molar-refractivity contribution in [3.63, 3.8) is 0 Å². The second-order valence-corrected chi connectivity index (χ2v) is 7.42. The molecule has 0 spiro atoms. The molecular weight excluding hydrogens is 356 g/mol. The van der Waals surface area contributed by atoms with Gasteiger partial charge in [-0.05, 0) is 70.3 Å². The predicted octanol–water partition coefficient (Wildman–Crippen LogP) is 4.64. The van der Waals surface area contributed by atoms with E-state index in [0.717, 1.165) is 28.5 Å². The summed E-state index contributed by atoms with van der Waals surface area (Å²) in [7, 11) is 0. The number of halogens is 1. The molecule has 1 fully saturated rings. The molecule has 4 heteroatoms. The molecule has 2 aliphatic rings. The second-order valence-electron chi connectivity index (χ2n) is 6.50. The van der Waals surface area contributed by atoms with E-state index in [0.29, 0.717) is 19.4 Å². The molecule has 0 bridgehead atoms. The van der Waals surface area contributed by atoms with Crippen molar-refractivity contribution in [2.24, 2.45) is 11.3 Å². The Kier molecular flexibility index (Phi) is 5.83. The molecule has 1 saturated carbocycles. The first-order chi connectivity index (χ1) is 10.9. The molecular formula is C19H23BrO3. The van der Waals surface area contributed by atoms with Crippen molar-refractivity contribution >= 4 is 27.7 Å². The topological polar surface area (TPSA) is 43.4 Å². The fraction of sp³-hybridized carbons (Fsp3) is 0.526. The first-order valence-electron chi connectivity index (χ1n) is 8.09. The van der Waals surface area contributed by atoms with Gasteiger partial charge in [0.25, 0.3) is 0 Å². The maximum Gasteiger partial charge on any atom is 0.311 e. The lowest BCUT2D eigenvalue weighted by molar-refractivity contribution is -0.157. The lowest BCUT2D eigenvalue weighted by atomic mass is 9.70. The molecule has 23 heavy (non-hydrogen) atoms. The number of ether oxygens (including phenoxy) is 1. The van der Waals surface area contributed by atoms with Crippen LogP contribution in [-0.2, 0) is 14.3 Å². The average Bonchev–Trinajstić information content (AvgIpc) is 2.68. The molecule has 0 N–H and O–H groups in total. The number of rotatable bonds is 4. The zero-order chi connectivity index (χ0) is 17.0. The van der Waals surface area contributed by atoms with Crippen LogP contribution in [0.15, 0.2) is 39.6 Å². The lowest BCUT2D eigenvalue weighted by Crippen LogP contribution is -2.36. The van der Waals surface area contributed by atoms with E-state index in [-0.39, 0.29) is 17.7 Å². The van der Waals surface area contributed by atoms with Gasteiger partial charge < -0.3 is 4.74 Å². The van der Waals surface area contributed by atoms with E-state index in [4.69, 9.17) is 4.74 Å². The molecule has 3 nitrogen and oxygen atoms in total. The second kappa shape index (κ2) is 7.46. The number of esters is 1. The lowest BCUT2D eigenvalue weighted by Gasteiger charge is -2.34. The maximum absolute atomic E-state index is 12.8. The molecule has 124 valence electrons. The largest absolute Gasteiger partial charge is 0.466 e. The van der Waals surface area contributed by atoms with Crippen LogP contribution in [0.25, 0.3) is 0 Å². The number of Topliss-reactive ketones (excluding diaryl/α,β-unsaturated/α-hetero) is 1. The number of hydrogen-bond acceptors (Lipinski definition) is 3. The van der Waals surface area contributed by atoms with Gasteiger partial charge in [0.1, 0.15) is 0 Å². The van der Waals surface area contributed by atoms with Gasteiger partial charge in [0.15, 0.2) is 5.78 Å². The highest BCUT2D eigenvalue weighted by Crippen LogP contribution is 2.41. The third-order valence-corrected chi connectivity index (χ3v) is 5.18. The fourth-order valence-corrected chi connectivity index (χ4v) is 3.63. The Morgan fingerprint density at radius 1 is 1.35 bits per heavy atom. The van der Waals surface area contributed by atoms with Gasteiger partial charge >= 0.3 is 5.97 Å². The summed E-state index contributed by atoms with van der Waals surface area (Å²) in [6.07, 6.45) is 8.38. The van der Waals surface area contributed by atoms with Crippen molar-refractivity contribution < 1.29 is 14.3 Å². The number of ketones is 1. The van der Waals surface area contributed by atoms with Crippen LogP contribution in [0.2, 0.25) is 0 Å². The summed E-state index contributed by atoms with van der Waals surface area (Å²) in [5.41, 5.74) is 4.25. The highest BCUT2D eigenvalue weighted by atomic mass is 79.9. The van der Waals surface area contributed by atoms with Gasteiger partial charge in [0.05, 0.1) is 12.0 Å². The number of hydrogen-bond donors (Lipinski definition) is 0. The monoisotopic (exact) mass is 378 g/mol. The Balaban J connectivity index is 2.09. The van der Waals surface area contributed by atoms with Crippen LogP contribution < -0.4 is 0 Å². The van der Waals surface area contributed by atoms with Gasteiger partial charge in [0, 0.05) is 16.0 Å². The van der Waals surface area contributed by atoms with Crippen LogP contribution in [-0.4, -0.2) is 18.4 Å². The van der Waals surface area contributed by atoms with E-state index >= 15 is 0 Å². The Hall–Kier alpha value is -1.38. The predicted molar refractivity (Wildman–Crippen MR) is 94.1 cm³/mol. The molecule has 0 heterocycles. The van der Waals surface area contributed by atoms with Gasteiger partial charge in [-0.2, -0.15) is 0 Å². The van der Waals surface area contributed by atoms with Crippen molar-refractivity contribution in [1.29, 1.82) is 0 Å². The third-order valence-electron chi connectivity index (χ3n) is 4.72. The van der Waals surface area contributed by atoms with E-state index in [1.165, 1.54) is 0 Å². The minimum Gasteiger partial charge on any atom is -0.466 e. The summed E-state index contributed by atoms with van der Waals surface area (Å²) in [5.74, 6) is 0.00369. The normalized spacial score (nSPS) is 27.5. The van der Waals surface area contributed by atoms with Crippen LogP contribution >= 0.6 is 15.9 Å². The van der Waals surface area contributed by atoms with E-state index in [2.05, 4.69) is 21.7 Å². The Bertz CT molecular complexity index is 625. The number of allylic oxidation sites excluding steroid dienone is 5. The first-order valence-corrected chi connectivity index (χ1v) is 8.88. The standard InChI is InChI=1S/C19H23BrO3/c1-4-23-18(22)19(3)10-8-14(9-11-19)17(21)16-7-5-6-15(20)12-13(16)2/h6-7,12,14H,4,8-11H2,1-3H3. The maximum atomic E-state index is 12.8. The van der Waals surface area contributed by atoms with Crippen LogP contribution in [0.5, 0.6) is 0 Å². The van der Waals surface area contributed by atoms with Crippen LogP contribution in [0, 0.1) is 11.3 Å². The zero-order valence-corrected chi connectivity index (χ0v) is 15.5. The molecule has 0 aromatic heterocycles. The smallest absolute Gasteiger partial charge is 0.311 e. The van der Waals surface area contributed by atoms with Crippen molar-refractivity contribution in [3.8, 4) is 0 Å². The molecule has 0 aromatic carbocycles. The van der Waals surface area contributed by atoms with Crippen molar-refractivity contribution in [2.75, 3.05) is 6.61 Å². The summed E-state index contributed by atoms with van der Waals surface area (Å²) in [5, 5.41) is 0. The highest BCUT2D eigenvalue weighted by molar-refractivity contribution is 9.11. The first kappa shape index (κ1) is 18.0. The van der Waals surface area contributed by atoms with Crippen molar-refractivity contribution in [2.45, 2.75) is 46.5 Å². The van der Waals surface area contributed by atoms with Crippen LogP contribution in [0.1, 0.15) is 46.5 Å². The molecule has 0 unspecified atom stereocenters. The molecule has 0 amide bonds. The summed E-state index contributed by atoms with van der Waals surface area (Å²) >= 11 is 3.42. The van der Waals surface area contributed by atoms with E-state index in [9.17, 15) is 9.59 Å². The highest BCUT2D eigenvalue weighted by Gasteiger charge is 2.40. The molecule has 2 aliphatic carbocycles. The van der Waals surface area contributed by atoms with E-state index in [1.54, 1.807) is 6.08 Å². The molecule has 0 atom stereocenters. The SMILES string of the molecule is CCOC(=O)C1(C)CCC(C(=O)C2=C(C)C=C(Br)C=C=C2)CC1. The van der Waals surface area contributed by atoms with Crippen molar-refractivity contribution in [1.82, 2.24) is 0 Å². The third kappa shape index (κ3) is 4.13. The fourth-order valence-electron chi connectivity index (χ4n) is 3.16. The van der Waals surface area contributed by atoms with Gasteiger partial charge in [-0.1, -0.05) is 15.9 Å². The van der Waals surface area contributed by atoms with Gasteiger partial charge in [-0.15, -0.1) is 5.73 Å². The summed E-state index contributed by atoms with van der Waals surface area (Å²) in [6, 6.07) is 0. The van der Waals surface area contributed by atoms with Gasteiger partial charge in [-0.25, -0.2) is 0 Å². The summed E-state index contributed by atoms with van der Waals surface area (Å²) < 4.78 is 6.09. The van der Waals surface area contributed by atoms with Crippen LogP contribution in [0.4, 0.5) is 0 Å². The van der Waals surface area contributed by atoms with E-state index < -0.39 is 5.41 Å². The quantitative estimate of drug-likeness (QED) is 0.528. The molecule has 0 radical (unpaired) electrons. The summed E-state index contributed by atoms with van der Waals surface area (Å²) in [6.45, 7) is 6.12. The van der Waals surface area contributed by atoms with Gasteiger partial charge in [0.2, 0.25) is 0 Å². The molecule has 0 aliphatic heterocycles. The molecule has 0 saturated heterocycles. The number of carbonyl (C=O) groups excluding carboxylic acids is 2. The van der Waals surface area contributed by atoms with Crippen LogP contribution in [0.3, 0.4) is 0 Å². The Labute approximate surface area is 146 Å². The number of carbonyl (C=O) groups is 2.